The average molecular weight is 377 g/mol. The minimum atomic E-state index is -0.958. The summed E-state index contributed by atoms with van der Waals surface area (Å²) in [4.78, 5) is 34.1. The topological polar surface area (TPSA) is 108 Å². The minimum absolute atomic E-state index is 0.0000912. The fraction of sp³-hybridized carbons (Fsp3) is 0.500. The summed E-state index contributed by atoms with van der Waals surface area (Å²) in [5.41, 5.74) is 1.11. The van der Waals surface area contributed by atoms with Gasteiger partial charge in [0, 0.05) is 24.0 Å². The van der Waals surface area contributed by atoms with Gasteiger partial charge in [-0.05, 0) is 30.5 Å². The summed E-state index contributed by atoms with van der Waals surface area (Å²) in [6.07, 6.45) is 3.25. The van der Waals surface area contributed by atoms with Crippen molar-refractivity contribution in [2.45, 2.75) is 49.6 Å². The van der Waals surface area contributed by atoms with E-state index in [4.69, 9.17) is 5.11 Å². The fourth-order valence-corrected chi connectivity index (χ4v) is 4.87. The Kier molecular flexibility index (Phi) is 6.03. The standard InChI is InChI=1S/C18H23N3O4S/c22-15(19-9-11-5-7-12(8-6-11)17(23)24)4-2-1-3-14-16-13(10-26-14)20-18(25)21-16/h5-8,13-14,16H,1-4,9-10H2,(H,19,22)(H,23,24)(H2,20,21,25)/t13-,14-,16-/m0/s1. The van der Waals surface area contributed by atoms with Gasteiger partial charge >= 0.3 is 12.0 Å². The Labute approximate surface area is 156 Å². The zero-order valence-electron chi connectivity index (χ0n) is 14.4. The molecule has 26 heavy (non-hydrogen) atoms. The Balaban J connectivity index is 1.31. The number of hydrogen-bond acceptors (Lipinski definition) is 4. The summed E-state index contributed by atoms with van der Waals surface area (Å²) in [6, 6.07) is 6.88. The molecule has 1 aromatic rings. The molecule has 7 nitrogen and oxygen atoms in total. The van der Waals surface area contributed by atoms with Crippen LogP contribution in [-0.4, -0.2) is 46.1 Å². The highest BCUT2D eigenvalue weighted by Crippen LogP contribution is 2.33. The van der Waals surface area contributed by atoms with Gasteiger partial charge in [-0.15, -0.1) is 0 Å². The largest absolute Gasteiger partial charge is 0.478 e. The molecule has 1 aromatic carbocycles. The number of nitrogens with one attached hydrogen (secondary N) is 3. The molecule has 0 aliphatic carbocycles. The van der Waals surface area contributed by atoms with Gasteiger partial charge in [0.25, 0.3) is 0 Å². The second-order valence-corrected chi connectivity index (χ2v) is 7.92. The van der Waals surface area contributed by atoms with E-state index in [1.807, 2.05) is 11.8 Å². The highest BCUT2D eigenvalue weighted by Gasteiger charge is 2.42. The number of benzene rings is 1. The summed E-state index contributed by atoms with van der Waals surface area (Å²) < 4.78 is 0. The molecule has 2 saturated heterocycles. The zero-order valence-corrected chi connectivity index (χ0v) is 15.2. The van der Waals surface area contributed by atoms with E-state index in [-0.39, 0.29) is 29.6 Å². The molecule has 3 atom stereocenters. The smallest absolute Gasteiger partial charge is 0.335 e. The van der Waals surface area contributed by atoms with Gasteiger partial charge in [-0.25, -0.2) is 9.59 Å². The number of carboxylic acid groups (broad SMARTS) is 1. The lowest BCUT2D eigenvalue weighted by molar-refractivity contribution is -0.121. The second-order valence-electron chi connectivity index (χ2n) is 6.65. The number of rotatable bonds is 8. The molecule has 0 unspecified atom stereocenters. The third-order valence-corrected chi connectivity index (χ3v) is 6.28. The van der Waals surface area contributed by atoms with Crippen LogP contribution in [0.4, 0.5) is 4.79 Å². The molecule has 4 N–H and O–H groups in total. The van der Waals surface area contributed by atoms with Crippen molar-refractivity contribution in [3.05, 3.63) is 35.4 Å². The lowest BCUT2D eigenvalue weighted by atomic mass is 10.0. The molecule has 0 aromatic heterocycles. The van der Waals surface area contributed by atoms with Crippen molar-refractivity contribution in [1.82, 2.24) is 16.0 Å². The third-order valence-electron chi connectivity index (χ3n) is 4.77. The molecule has 3 rings (SSSR count). The summed E-state index contributed by atoms with van der Waals surface area (Å²) in [7, 11) is 0. The monoisotopic (exact) mass is 377 g/mol. The van der Waals surface area contributed by atoms with Gasteiger partial charge in [-0.2, -0.15) is 11.8 Å². The van der Waals surface area contributed by atoms with E-state index < -0.39 is 5.97 Å². The van der Waals surface area contributed by atoms with Crippen LogP contribution in [0, 0.1) is 0 Å². The van der Waals surface area contributed by atoms with Crippen LogP contribution in [0.3, 0.4) is 0 Å². The Morgan fingerprint density at radius 1 is 1.19 bits per heavy atom. The van der Waals surface area contributed by atoms with Crippen LogP contribution in [0.25, 0.3) is 0 Å². The number of carboxylic acids is 1. The summed E-state index contributed by atoms with van der Waals surface area (Å²) in [5.74, 6) is -0.00438. The molecule has 0 radical (unpaired) electrons. The van der Waals surface area contributed by atoms with Gasteiger partial charge in [0.05, 0.1) is 17.6 Å². The normalized spacial score (nSPS) is 23.8. The van der Waals surface area contributed by atoms with Crippen molar-refractivity contribution in [3.63, 3.8) is 0 Å². The van der Waals surface area contributed by atoms with Crippen molar-refractivity contribution < 1.29 is 19.5 Å². The molecule has 0 bridgehead atoms. The molecule has 2 aliphatic heterocycles. The molecule has 0 spiro atoms. The molecule has 8 heteroatoms. The molecule has 2 aliphatic rings. The Bertz CT molecular complexity index is 680. The van der Waals surface area contributed by atoms with E-state index in [2.05, 4.69) is 16.0 Å². The number of carbonyl (C=O) groups is 3. The van der Waals surface area contributed by atoms with Gasteiger partial charge < -0.3 is 21.1 Å². The molecule has 2 heterocycles. The number of thioether (sulfide) groups is 1. The average Bonchev–Trinajstić information content (AvgIpc) is 3.16. The maximum absolute atomic E-state index is 11.9. The highest BCUT2D eigenvalue weighted by atomic mass is 32.2. The fourth-order valence-electron chi connectivity index (χ4n) is 3.33. The zero-order chi connectivity index (χ0) is 18.5. The predicted octanol–water partition coefficient (Wildman–Crippen LogP) is 1.73. The minimum Gasteiger partial charge on any atom is -0.478 e. The highest BCUT2D eigenvalue weighted by molar-refractivity contribution is 8.00. The Morgan fingerprint density at radius 2 is 1.96 bits per heavy atom. The lowest BCUT2D eigenvalue weighted by Crippen LogP contribution is -2.36. The first-order chi connectivity index (χ1) is 12.5. The molecular weight excluding hydrogens is 354 g/mol. The van der Waals surface area contributed by atoms with E-state index in [0.717, 1.165) is 30.6 Å². The SMILES string of the molecule is O=C(CCCC[C@@H]1SC[C@@H]2NC(=O)N[C@@H]21)NCc1ccc(C(=O)O)cc1. The molecule has 140 valence electrons. The van der Waals surface area contributed by atoms with Crippen molar-refractivity contribution in [1.29, 1.82) is 0 Å². The summed E-state index contributed by atoms with van der Waals surface area (Å²) in [5, 5.41) is 18.1. The molecule has 3 amide bonds. The van der Waals surface area contributed by atoms with Gasteiger partial charge in [0.2, 0.25) is 5.91 Å². The van der Waals surface area contributed by atoms with Crippen molar-refractivity contribution in [2.75, 3.05) is 5.75 Å². The first kappa shape index (κ1) is 18.6. The van der Waals surface area contributed by atoms with Crippen molar-refractivity contribution in [3.8, 4) is 0 Å². The number of aromatic carboxylic acids is 1. The molecular formula is C18H23N3O4S. The van der Waals surface area contributed by atoms with Crippen LogP contribution in [0.5, 0.6) is 0 Å². The lowest BCUT2D eigenvalue weighted by Gasteiger charge is -2.16. The van der Waals surface area contributed by atoms with E-state index in [9.17, 15) is 14.4 Å². The van der Waals surface area contributed by atoms with Crippen LogP contribution in [0.1, 0.15) is 41.6 Å². The van der Waals surface area contributed by atoms with E-state index >= 15 is 0 Å². The van der Waals surface area contributed by atoms with Crippen LogP contribution in [0.15, 0.2) is 24.3 Å². The van der Waals surface area contributed by atoms with Crippen LogP contribution in [-0.2, 0) is 11.3 Å². The third kappa shape index (κ3) is 4.69. The summed E-state index contributed by atoms with van der Waals surface area (Å²) in [6.45, 7) is 0.401. The van der Waals surface area contributed by atoms with Crippen LogP contribution in [0.2, 0.25) is 0 Å². The van der Waals surface area contributed by atoms with Gasteiger partial charge in [-0.3, -0.25) is 4.79 Å². The number of amides is 3. The van der Waals surface area contributed by atoms with Gasteiger partial charge in [-0.1, -0.05) is 18.6 Å². The maximum atomic E-state index is 11.9. The van der Waals surface area contributed by atoms with E-state index in [1.165, 1.54) is 12.1 Å². The first-order valence-corrected chi connectivity index (χ1v) is 9.85. The van der Waals surface area contributed by atoms with Gasteiger partial charge in [0.1, 0.15) is 0 Å². The van der Waals surface area contributed by atoms with Crippen LogP contribution < -0.4 is 16.0 Å². The number of fused-ring (bicyclic) bond motifs is 1. The number of carbonyl (C=O) groups excluding carboxylic acids is 2. The van der Waals surface area contributed by atoms with Crippen molar-refractivity contribution >= 4 is 29.7 Å². The summed E-state index contributed by atoms with van der Waals surface area (Å²) >= 11 is 1.89. The first-order valence-electron chi connectivity index (χ1n) is 8.80. The van der Waals surface area contributed by atoms with E-state index in [0.29, 0.717) is 18.2 Å². The van der Waals surface area contributed by atoms with Crippen molar-refractivity contribution in [2.24, 2.45) is 0 Å². The predicted molar refractivity (Wildman–Crippen MR) is 99.2 cm³/mol. The number of hydrogen-bond donors (Lipinski definition) is 4. The Morgan fingerprint density at radius 3 is 2.69 bits per heavy atom. The number of urea groups is 1. The molecule has 2 fully saturated rings. The quantitative estimate of drug-likeness (QED) is 0.408. The molecule has 0 saturated carbocycles. The second kappa shape index (κ2) is 8.44. The van der Waals surface area contributed by atoms with Gasteiger partial charge in [0.15, 0.2) is 0 Å². The Hall–Kier alpha value is -2.22. The van der Waals surface area contributed by atoms with E-state index in [1.54, 1.807) is 12.1 Å². The maximum Gasteiger partial charge on any atom is 0.335 e. The number of unbranched alkanes of at least 4 members (excludes halogenated alkanes) is 1. The van der Waals surface area contributed by atoms with Crippen LogP contribution >= 0.6 is 11.8 Å².